The van der Waals surface area contributed by atoms with E-state index in [4.69, 9.17) is 4.74 Å². The topological polar surface area (TPSA) is 39.2 Å². The van der Waals surface area contributed by atoms with Crippen molar-refractivity contribution in [2.75, 3.05) is 6.61 Å². The smallest absolute Gasteiger partial charge is 0.152 e. The molecule has 2 aromatic carbocycles. The number of fused-ring (bicyclic) bond motifs is 1. The summed E-state index contributed by atoms with van der Waals surface area (Å²) in [6.45, 7) is 4.61. The van der Waals surface area contributed by atoms with Crippen LogP contribution in [0.4, 0.5) is 0 Å². The second kappa shape index (κ2) is 6.84. The predicted molar refractivity (Wildman–Crippen MR) is 93.6 cm³/mol. The van der Waals surface area contributed by atoms with Crippen molar-refractivity contribution < 1.29 is 9.53 Å². The summed E-state index contributed by atoms with van der Waals surface area (Å²) in [5.74, 6) is 0.789. The first-order chi connectivity index (χ1) is 11.2. The fourth-order valence-electron chi connectivity index (χ4n) is 2.29. The number of ether oxygens (including phenoxy) is 1. The van der Waals surface area contributed by atoms with E-state index in [1.165, 1.54) is 17.3 Å². The third kappa shape index (κ3) is 3.54. The van der Waals surface area contributed by atoms with Crippen LogP contribution >= 0.6 is 11.8 Å². The van der Waals surface area contributed by atoms with Gasteiger partial charge in [0.15, 0.2) is 6.29 Å². The molecule has 3 aromatic rings. The fourth-order valence-corrected chi connectivity index (χ4v) is 3.16. The lowest BCUT2D eigenvalue weighted by atomic mass is 10.1. The Bertz CT molecular complexity index is 844. The van der Waals surface area contributed by atoms with Crippen LogP contribution in [0.1, 0.15) is 22.8 Å². The van der Waals surface area contributed by atoms with Gasteiger partial charge in [-0.15, -0.1) is 0 Å². The summed E-state index contributed by atoms with van der Waals surface area (Å²) < 4.78 is 5.50. The van der Waals surface area contributed by atoms with Crippen LogP contribution in [0.15, 0.2) is 58.5 Å². The van der Waals surface area contributed by atoms with Crippen molar-refractivity contribution in [1.29, 1.82) is 0 Å². The van der Waals surface area contributed by atoms with Gasteiger partial charge in [0.25, 0.3) is 0 Å². The van der Waals surface area contributed by atoms with Gasteiger partial charge in [-0.1, -0.05) is 29.5 Å². The maximum absolute atomic E-state index is 11.4. The quantitative estimate of drug-likeness (QED) is 0.626. The van der Waals surface area contributed by atoms with E-state index >= 15 is 0 Å². The second-order valence-electron chi connectivity index (χ2n) is 5.20. The molecule has 1 heterocycles. The van der Waals surface area contributed by atoms with Crippen molar-refractivity contribution in [3.05, 3.63) is 59.7 Å². The van der Waals surface area contributed by atoms with Crippen molar-refractivity contribution >= 4 is 29.0 Å². The van der Waals surface area contributed by atoms with E-state index in [-0.39, 0.29) is 0 Å². The summed E-state index contributed by atoms with van der Waals surface area (Å²) in [7, 11) is 0. The number of aromatic nitrogens is 1. The molecule has 3 rings (SSSR count). The molecule has 0 atom stereocenters. The Balaban J connectivity index is 2.00. The van der Waals surface area contributed by atoms with E-state index in [0.29, 0.717) is 12.2 Å². The van der Waals surface area contributed by atoms with Crippen molar-refractivity contribution in [3.8, 4) is 5.75 Å². The minimum absolute atomic E-state index is 0.594. The van der Waals surface area contributed by atoms with Crippen molar-refractivity contribution in [2.24, 2.45) is 0 Å². The molecule has 116 valence electrons. The molecule has 23 heavy (non-hydrogen) atoms. The Morgan fingerprint density at radius 2 is 1.91 bits per heavy atom. The standard InChI is InChI=1S/C19H17NO2S/c1-3-22-16-6-9-18-14(11-16)10-15(12-21)19(20-18)23-17-7-4-13(2)5-8-17/h4-12H,3H2,1-2H3. The zero-order valence-corrected chi connectivity index (χ0v) is 13.9. The number of rotatable bonds is 5. The summed E-state index contributed by atoms with van der Waals surface area (Å²) in [5, 5.41) is 1.63. The molecule has 0 radical (unpaired) electrons. The molecule has 0 saturated carbocycles. The Kier molecular flexibility index (Phi) is 4.63. The average Bonchev–Trinajstić information content (AvgIpc) is 2.57. The van der Waals surface area contributed by atoms with E-state index < -0.39 is 0 Å². The van der Waals surface area contributed by atoms with E-state index in [2.05, 4.69) is 24.0 Å². The van der Waals surface area contributed by atoms with Crippen LogP contribution in [0.5, 0.6) is 5.75 Å². The Morgan fingerprint density at radius 3 is 2.61 bits per heavy atom. The van der Waals surface area contributed by atoms with Crippen LogP contribution in [0.25, 0.3) is 10.9 Å². The van der Waals surface area contributed by atoms with Crippen LogP contribution in [-0.2, 0) is 0 Å². The summed E-state index contributed by atoms with van der Waals surface area (Å²) >= 11 is 1.50. The molecule has 4 heteroatoms. The molecule has 0 fully saturated rings. The zero-order valence-electron chi connectivity index (χ0n) is 13.1. The van der Waals surface area contributed by atoms with Gasteiger partial charge in [-0.05, 0) is 50.2 Å². The van der Waals surface area contributed by atoms with E-state index in [1.807, 2.05) is 43.3 Å². The van der Waals surface area contributed by atoms with Gasteiger partial charge < -0.3 is 4.74 Å². The van der Waals surface area contributed by atoms with Crippen LogP contribution in [-0.4, -0.2) is 17.9 Å². The minimum Gasteiger partial charge on any atom is -0.494 e. The third-order valence-corrected chi connectivity index (χ3v) is 4.48. The molecule has 0 bridgehead atoms. The molecule has 1 aromatic heterocycles. The van der Waals surface area contributed by atoms with Crippen LogP contribution in [0.3, 0.4) is 0 Å². The van der Waals surface area contributed by atoms with Crippen LogP contribution < -0.4 is 4.74 Å². The number of hydrogen-bond donors (Lipinski definition) is 0. The van der Waals surface area contributed by atoms with Crippen molar-refractivity contribution in [3.63, 3.8) is 0 Å². The predicted octanol–water partition coefficient (Wildman–Crippen LogP) is 4.91. The summed E-state index contributed by atoms with van der Waals surface area (Å²) in [6.07, 6.45) is 0.857. The van der Waals surface area contributed by atoms with E-state index in [9.17, 15) is 4.79 Å². The molecule has 0 unspecified atom stereocenters. The lowest BCUT2D eigenvalue weighted by molar-refractivity contribution is 0.112. The maximum atomic E-state index is 11.4. The summed E-state index contributed by atoms with van der Waals surface area (Å²) in [6, 6.07) is 15.8. The molecule has 0 aliphatic rings. The van der Waals surface area contributed by atoms with Crippen LogP contribution in [0, 0.1) is 6.92 Å². The fraction of sp³-hybridized carbons (Fsp3) is 0.158. The monoisotopic (exact) mass is 323 g/mol. The number of aryl methyl sites for hydroxylation is 1. The molecule has 3 nitrogen and oxygen atoms in total. The van der Waals surface area contributed by atoms with Crippen molar-refractivity contribution in [1.82, 2.24) is 4.98 Å². The molecule has 0 aliphatic carbocycles. The van der Waals surface area contributed by atoms with Gasteiger partial charge in [0.05, 0.1) is 12.1 Å². The first kappa shape index (κ1) is 15.6. The van der Waals surface area contributed by atoms with E-state index in [1.54, 1.807) is 0 Å². The highest BCUT2D eigenvalue weighted by atomic mass is 32.2. The molecule has 0 saturated heterocycles. The van der Waals surface area contributed by atoms with Gasteiger partial charge in [-0.2, -0.15) is 0 Å². The normalized spacial score (nSPS) is 10.7. The molecule has 0 aliphatic heterocycles. The Labute approximate surface area is 139 Å². The number of pyridine rings is 1. The zero-order chi connectivity index (χ0) is 16.2. The van der Waals surface area contributed by atoms with Gasteiger partial charge >= 0.3 is 0 Å². The molecular weight excluding hydrogens is 306 g/mol. The highest BCUT2D eigenvalue weighted by molar-refractivity contribution is 7.99. The van der Waals surface area contributed by atoms with Crippen LogP contribution in [0.2, 0.25) is 0 Å². The molecular formula is C19H17NO2S. The first-order valence-corrected chi connectivity index (χ1v) is 8.28. The summed E-state index contributed by atoms with van der Waals surface area (Å²) in [4.78, 5) is 17.1. The Hall–Kier alpha value is -2.33. The molecule has 0 spiro atoms. The van der Waals surface area contributed by atoms with Gasteiger partial charge in [-0.3, -0.25) is 4.79 Å². The highest BCUT2D eigenvalue weighted by Gasteiger charge is 2.09. The number of carbonyl (C=O) groups is 1. The van der Waals surface area contributed by atoms with Gasteiger partial charge in [-0.25, -0.2) is 4.98 Å². The number of benzene rings is 2. The molecule has 0 amide bonds. The number of hydrogen-bond acceptors (Lipinski definition) is 4. The molecule has 0 N–H and O–H groups in total. The minimum atomic E-state index is 0.594. The SMILES string of the molecule is CCOc1ccc2nc(Sc3ccc(C)cc3)c(C=O)cc2c1. The first-order valence-electron chi connectivity index (χ1n) is 7.47. The van der Waals surface area contributed by atoms with Gasteiger partial charge in [0, 0.05) is 15.8 Å². The van der Waals surface area contributed by atoms with Crippen molar-refractivity contribution in [2.45, 2.75) is 23.8 Å². The lowest BCUT2D eigenvalue weighted by Crippen LogP contribution is -1.94. The Morgan fingerprint density at radius 1 is 1.13 bits per heavy atom. The second-order valence-corrected chi connectivity index (χ2v) is 6.27. The van der Waals surface area contributed by atoms with Gasteiger partial charge in [0.1, 0.15) is 10.8 Å². The van der Waals surface area contributed by atoms with Gasteiger partial charge in [0.2, 0.25) is 0 Å². The third-order valence-electron chi connectivity index (χ3n) is 3.45. The maximum Gasteiger partial charge on any atom is 0.152 e. The summed E-state index contributed by atoms with van der Waals surface area (Å²) in [5.41, 5.74) is 2.66. The average molecular weight is 323 g/mol. The number of carbonyl (C=O) groups excluding carboxylic acids is 1. The lowest BCUT2D eigenvalue weighted by Gasteiger charge is -2.08. The number of aldehydes is 1. The number of nitrogens with zero attached hydrogens (tertiary/aromatic N) is 1. The van der Waals surface area contributed by atoms with E-state index in [0.717, 1.165) is 32.9 Å². The highest BCUT2D eigenvalue weighted by Crippen LogP contribution is 2.31. The largest absolute Gasteiger partial charge is 0.494 e.